The largest absolute Gasteiger partial charge is 0.490 e. The van der Waals surface area contributed by atoms with Crippen molar-refractivity contribution in [2.45, 2.75) is 201 Å². The van der Waals surface area contributed by atoms with E-state index in [0.29, 0.717) is 76.4 Å². The molecule has 124 heavy (non-hydrogen) atoms. The van der Waals surface area contributed by atoms with Crippen LogP contribution in [0.4, 0.5) is 31.5 Å². The van der Waals surface area contributed by atoms with E-state index in [2.05, 4.69) is 120 Å². The Kier molecular flexibility index (Phi) is 47.5. The van der Waals surface area contributed by atoms with Crippen LogP contribution in [0.5, 0.6) is 11.5 Å². The minimum atomic E-state index is -3.19. The summed E-state index contributed by atoms with van der Waals surface area (Å²) in [6, 6.07) is 64.3. The summed E-state index contributed by atoms with van der Waals surface area (Å²) in [6.45, 7) is 39.3. The first-order chi connectivity index (χ1) is 58.1. The third kappa shape index (κ3) is 38.2. The summed E-state index contributed by atoms with van der Waals surface area (Å²) in [6.07, 6.45) is 8.16. The van der Waals surface area contributed by atoms with E-state index in [1.165, 1.54) is 30.4 Å². The van der Waals surface area contributed by atoms with Gasteiger partial charge >= 0.3 is 5.97 Å². The van der Waals surface area contributed by atoms with Gasteiger partial charge in [-0.2, -0.15) is 15.6 Å². The van der Waals surface area contributed by atoms with E-state index in [9.17, 15) is 51.6 Å². The highest BCUT2D eigenvalue weighted by Crippen LogP contribution is 2.34. The third-order valence-corrected chi connectivity index (χ3v) is 23.0. The minimum absolute atomic E-state index is 0. The predicted molar refractivity (Wildman–Crippen MR) is 497 cm³/mol. The highest BCUT2D eigenvalue weighted by molar-refractivity contribution is 7.92. The average molecular weight is 1720 g/mol. The smallest absolute Gasteiger partial charge is 0.339 e. The SMILES string of the molecule is C.C=[N+](O)c1ccccc1CC(=O)C(C)C.CC(C)C(=O)C1CCN(c2ccccc2[NH+](C)O)CC1.CC(C)C(C)c1ccccc1.CC(C)Cc1cccc(NC(=O)c2ccccc2OCCOc2ccccc2)c1.CC(C)c1ccc(C#N)c(C(C)(F)F)c1.CC1CCC(CS(=O)(=O)CC(=O)C(C)C)CC1.COC(=O)c1cccc(CC(C)C)c1C#N. The number of nitrogens with zero attached hydrogens (tertiary/aromatic N) is 4. The maximum Gasteiger partial charge on any atom is 0.339 e. The molecule has 0 spiro atoms. The Balaban J connectivity index is 0.000000380. The molecule has 1 aliphatic carbocycles. The number of Topliss-reactive ketones (excluding diaryl/α,β-unsaturated/α-hetero) is 3. The van der Waals surface area contributed by atoms with Gasteiger partial charge in [-0.3, -0.25) is 24.4 Å². The van der Waals surface area contributed by atoms with Crippen LogP contribution in [-0.2, 0) is 54.1 Å². The lowest BCUT2D eigenvalue weighted by atomic mass is 9.84. The number of sulfone groups is 1. The molecule has 4 N–H and O–H groups in total. The molecule has 2 fully saturated rings. The normalized spacial score (nSPS) is 14.1. The summed E-state index contributed by atoms with van der Waals surface area (Å²) in [4.78, 5) is 61.6. The van der Waals surface area contributed by atoms with Crippen molar-refractivity contribution in [2.24, 2.45) is 53.3 Å². The number of para-hydroxylation sites is 5. The van der Waals surface area contributed by atoms with Gasteiger partial charge in [0.15, 0.2) is 22.2 Å². The number of nitrogens with one attached hydrogen (secondary N) is 2. The molecule has 0 bridgehead atoms. The second-order valence-corrected chi connectivity index (χ2v) is 36.4. The molecule has 1 saturated carbocycles. The summed E-state index contributed by atoms with van der Waals surface area (Å²) >= 11 is 0. The summed E-state index contributed by atoms with van der Waals surface area (Å²) < 4.78 is 67.0. The van der Waals surface area contributed by atoms with E-state index in [4.69, 9.17) is 20.0 Å². The van der Waals surface area contributed by atoms with Gasteiger partial charge in [-0.1, -0.05) is 252 Å². The van der Waals surface area contributed by atoms with Crippen molar-refractivity contribution in [3.8, 4) is 23.6 Å². The molecule has 8 aromatic carbocycles. The van der Waals surface area contributed by atoms with Crippen molar-refractivity contribution in [1.29, 1.82) is 10.5 Å². The van der Waals surface area contributed by atoms with Crippen LogP contribution < -0.4 is 24.8 Å². The fourth-order valence-corrected chi connectivity index (χ4v) is 15.7. The first-order valence-electron chi connectivity index (χ1n) is 43.0. The van der Waals surface area contributed by atoms with Crippen molar-refractivity contribution in [3.63, 3.8) is 0 Å². The Morgan fingerprint density at radius 1 is 0.629 bits per heavy atom. The molecule has 2 unspecified atom stereocenters. The van der Waals surface area contributed by atoms with Crippen LogP contribution in [-0.4, -0.2) is 111 Å². The van der Waals surface area contributed by atoms with E-state index in [-0.39, 0.29) is 83.0 Å². The number of amides is 1. The zero-order valence-corrected chi connectivity index (χ0v) is 76.9. The fourth-order valence-electron chi connectivity index (χ4n) is 13.7. The van der Waals surface area contributed by atoms with Gasteiger partial charge in [-0.25, -0.2) is 27.2 Å². The van der Waals surface area contributed by atoms with E-state index >= 15 is 0 Å². The van der Waals surface area contributed by atoms with Crippen molar-refractivity contribution in [1.82, 2.24) is 0 Å². The van der Waals surface area contributed by atoms with Crippen molar-refractivity contribution < 1.29 is 75.6 Å². The number of alkyl halides is 2. The van der Waals surface area contributed by atoms with E-state index < -0.39 is 21.7 Å². The molecule has 0 aromatic heterocycles. The maximum atomic E-state index is 13.2. The highest BCUT2D eigenvalue weighted by atomic mass is 32.2. The summed E-state index contributed by atoms with van der Waals surface area (Å²) in [5, 5.41) is 40.2. The van der Waals surface area contributed by atoms with Crippen LogP contribution >= 0.6 is 0 Å². The fraction of sp³-hybridized carbons (Fsp3) is 0.456. The number of hydrogen-bond acceptors (Lipinski definition) is 15. The van der Waals surface area contributed by atoms with Gasteiger partial charge in [0.1, 0.15) is 66.6 Å². The molecule has 1 aliphatic heterocycles. The summed E-state index contributed by atoms with van der Waals surface area (Å²) in [5.74, 6) is 1.82. The lowest BCUT2D eigenvalue weighted by Gasteiger charge is -2.34. The zero-order valence-electron chi connectivity index (χ0n) is 76.1. The maximum absolute atomic E-state index is 13.2. The number of ether oxygens (including phenoxy) is 3. The van der Waals surface area contributed by atoms with Crippen molar-refractivity contribution in [3.05, 3.63) is 250 Å². The number of methoxy groups -OCH3 is 1. The van der Waals surface area contributed by atoms with E-state index in [1.54, 1.807) is 69.4 Å². The van der Waals surface area contributed by atoms with Crippen LogP contribution in [0.1, 0.15) is 241 Å². The first kappa shape index (κ1) is 107. The quantitative estimate of drug-likeness (QED) is 0.00849. The molecule has 1 heterocycles. The molecule has 1 saturated heterocycles. The Morgan fingerprint density at radius 3 is 1.73 bits per heavy atom. The number of hydroxylamine groups is 1. The Morgan fingerprint density at radius 2 is 1.18 bits per heavy atom. The minimum Gasteiger partial charge on any atom is -0.490 e. The summed E-state index contributed by atoms with van der Waals surface area (Å²) in [5.41, 5.74) is 9.66. The molecular weight excluding hydrogens is 1580 g/mol. The number of quaternary nitrogens is 1. The van der Waals surface area contributed by atoms with Gasteiger partial charge < -0.3 is 24.4 Å². The number of hydrogen-bond donors (Lipinski definition) is 4. The molecule has 2 atom stereocenters. The topological polar surface area (TPSA) is 258 Å². The number of rotatable bonds is 29. The predicted octanol–water partition coefficient (Wildman–Crippen LogP) is 22.3. The van der Waals surface area contributed by atoms with Crippen LogP contribution in [0.2, 0.25) is 0 Å². The van der Waals surface area contributed by atoms with Crippen LogP contribution in [0.15, 0.2) is 194 Å². The second-order valence-electron chi connectivity index (χ2n) is 34.3. The molecule has 10 rings (SSSR count). The highest BCUT2D eigenvalue weighted by Gasteiger charge is 2.31. The standard InChI is InChI=1S/C25H27NO3.C16H24N2O2.C13H15NO2.C13H24O3S.C12H13F2N.C12H16NO2.C11H16.CH4/c1-19(2)17-20-9-8-10-21(18-20)26-25(27)23-13-6-7-14-24(23)29-16-15-28-22-11-4-3-5-12-22;1-12(2)16(19)13-8-10-18(11-9-13)15-7-5-4-6-14(15)17(3)20;1-9(2)7-10-5-4-6-11(12(10)8-14)13(15)16-3;1-10(2)13(14)9-17(15,16)8-12-6-4-11(3)5-7-12;1-8(2)9-4-5-10(7-15)11(6-9)12(3,13)14;1-9(2)12(14)8-10-6-4-5-7-11(10)13(3)15;1-9(2)10(3)11-7-5-4-6-8-11;/h3-14,18-19H,15-17H2,1-2H3,(H,26,27);4-7,12-13,20H,8-11H2,1-3H3;4-6,9H,7H2,1-3H3;10-12H,4-9H2,1-3H3;4-6,8H,1-3H3;4-7,9,15H,3,8H2,1-2H3;4-10H,1-3H3;1H4/q;;;;;+1;;/p+1. The zero-order chi connectivity index (χ0) is 91.7. The molecule has 672 valence electrons. The van der Waals surface area contributed by atoms with Gasteiger partial charge in [-0.15, -0.1) is 0 Å². The van der Waals surface area contributed by atoms with Crippen LogP contribution in [0.3, 0.4) is 0 Å². The van der Waals surface area contributed by atoms with Gasteiger partial charge in [0, 0.05) is 83.8 Å². The second kappa shape index (κ2) is 54.8. The number of esters is 1. The third-order valence-electron chi connectivity index (χ3n) is 21.2. The lowest BCUT2D eigenvalue weighted by molar-refractivity contribution is -1.02. The Labute approximate surface area is 739 Å². The molecule has 21 heteroatoms. The van der Waals surface area contributed by atoms with Gasteiger partial charge in [0.25, 0.3) is 17.5 Å². The molecule has 2 aliphatic rings. The van der Waals surface area contributed by atoms with Crippen LogP contribution in [0.25, 0.3) is 0 Å². The number of nitriles is 2. The number of anilines is 2. The molecule has 1 amide bonds. The number of carbonyl (C=O) groups is 5. The molecule has 0 radical (unpaired) electrons. The van der Waals surface area contributed by atoms with Gasteiger partial charge in [-0.05, 0) is 163 Å². The van der Waals surface area contributed by atoms with Gasteiger partial charge in [0.05, 0.1) is 41.2 Å². The molecular formula is C103H140F2N6O12S+2. The number of ketones is 3. The number of carbonyl (C=O) groups excluding carboxylic acids is 5. The Hall–Kier alpha value is -10.7. The molecule has 18 nitrogen and oxygen atoms in total. The van der Waals surface area contributed by atoms with Crippen LogP contribution in [0, 0.1) is 75.9 Å². The van der Waals surface area contributed by atoms with Crippen molar-refractivity contribution in [2.75, 3.05) is 62.2 Å². The number of piperidine rings is 1. The number of benzene rings is 8. The van der Waals surface area contributed by atoms with E-state index in [1.807, 2.05) is 145 Å². The summed E-state index contributed by atoms with van der Waals surface area (Å²) in [7, 11) is -0.158. The number of halogens is 2. The monoisotopic (exact) mass is 1720 g/mol. The lowest BCUT2D eigenvalue weighted by Crippen LogP contribution is -3.01. The average Bonchev–Trinajstić information content (AvgIpc) is 0.844. The van der Waals surface area contributed by atoms with Gasteiger partial charge in [0.2, 0.25) is 0 Å². The first-order valence-corrected chi connectivity index (χ1v) is 44.8. The Bertz CT molecular complexity index is 4800. The molecule has 8 aromatic rings. The van der Waals surface area contributed by atoms with E-state index in [0.717, 1.165) is 127 Å². The van der Waals surface area contributed by atoms with Crippen molar-refractivity contribution >= 4 is 68.5 Å².